The summed E-state index contributed by atoms with van der Waals surface area (Å²) in [5.41, 5.74) is 5.53. The van der Waals surface area contributed by atoms with Crippen LogP contribution < -0.4 is 9.64 Å². The molecule has 1 aliphatic heterocycles. The summed E-state index contributed by atoms with van der Waals surface area (Å²) in [6.07, 6.45) is 2.44. The predicted octanol–water partition coefficient (Wildman–Crippen LogP) is 6.85. The summed E-state index contributed by atoms with van der Waals surface area (Å²) in [6, 6.07) is 24.8. The van der Waals surface area contributed by atoms with Crippen LogP contribution in [0.2, 0.25) is 0 Å². The Kier molecular flexibility index (Phi) is 7.08. The van der Waals surface area contributed by atoms with Crippen molar-refractivity contribution in [2.45, 2.75) is 58.4 Å². The Morgan fingerprint density at radius 1 is 1.03 bits per heavy atom. The predicted molar refractivity (Wildman–Crippen MR) is 146 cm³/mol. The van der Waals surface area contributed by atoms with E-state index in [9.17, 15) is 4.79 Å². The molecule has 1 aliphatic rings. The van der Waals surface area contributed by atoms with E-state index in [2.05, 4.69) is 73.9 Å². The van der Waals surface area contributed by atoms with Crippen molar-refractivity contribution in [1.82, 2.24) is 9.55 Å². The van der Waals surface area contributed by atoms with Gasteiger partial charge >= 0.3 is 0 Å². The minimum absolute atomic E-state index is 0.0678. The number of hydrogen-bond acceptors (Lipinski definition) is 3. The van der Waals surface area contributed by atoms with E-state index in [4.69, 9.17) is 9.72 Å². The van der Waals surface area contributed by atoms with Crippen molar-refractivity contribution >= 4 is 22.6 Å². The molecule has 0 radical (unpaired) electrons. The van der Waals surface area contributed by atoms with Gasteiger partial charge in [0.15, 0.2) is 0 Å². The second-order valence-electron chi connectivity index (χ2n) is 9.90. The minimum Gasteiger partial charge on any atom is -0.493 e. The van der Waals surface area contributed by atoms with Gasteiger partial charge in [0.05, 0.1) is 17.6 Å². The third-order valence-corrected chi connectivity index (χ3v) is 7.37. The lowest BCUT2D eigenvalue weighted by Crippen LogP contribution is -2.24. The zero-order valence-electron chi connectivity index (χ0n) is 21.5. The zero-order chi connectivity index (χ0) is 25.1. The number of aryl methyl sites for hydroxylation is 2. The molecule has 1 amide bonds. The van der Waals surface area contributed by atoms with Crippen LogP contribution in [0, 0.1) is 6.92 Å². The number of imidazole rings is 1. The molecule has 0 spiro atoms. The first-order chi connectivity index (χ1) is 17.5. The first kappa shape index (κ1) is 24.1. The molecule has 0 unspecified atom stereocenters. The van der Waals surface area contributed by atoms with Crippen molar-refractivity contribution < 1.29 is 9.53 Å². The number of ether oxygens (including phenoxy) is 1. The summed E-state index contributed by atoms with van der Waals surface area (Å²) in [5.74, 6) is 2.68. The molecule has 5 heteroatoms. The van der Waals surface area contributed by atoms with Crippen molar-refractivity contribution in [1.29, 1.82) is 0 Å². The van der Waals surface area contributed by atoms with Crippen molar-refractivity contribution in [2.24, 2.45) is 0 Å². The molecule has 1 fully saturated rings. The van der Waals surface area contributed by atoms with Gasteiger partial charge in [0.25, 0.3) is 0 Å². The lowest BCUT2D eigenvalue weighted by atomic mass is 9.98. The van der Waals surface area contributed by atoms with Crippen LogP contribution in [0.5, 0.6) is 5.75 Å². The largest absolute Gasteiger partial charge is 0.493 e. The molecule has 3 aromatic carbocycles. The van der Waals surface area contributed by atoms with Gasteiger partial charge in [-0.05, 0) is 61.6 Å². The number of benzene rings is 3. The fourth-order valence-electron chi connectivity index (χ4n) is 5.14. The van der Waals surface area contributed by atoms with Crippen LogP contribution in [0.4, 0.5) is 5.69 Å². The molecule has 0 bridgehead atoms. The van der Waals surface area contributed by atoms with Gasteiger partial charge in [-0.3, -0.25) is 4.79 Å². The molecule has 0 aliphatic carbocycles. The number of anilines is 1. The molecule has 2 atom stereocenters. The van der Waals surface area contributed by atoms with E-state index in [1.807, 2.05) is 29.2 Å². The molecular weight excluding hydrogens is 446 g/mol. The van der Waals surface area contributed by atoms with Gasteiger partial charge < -0.3 is 14.2 Å². The fourth-order valence-corrected chi connectivity index (χ4v) is 5.14. The quantitative estimate of drug-likeness (QED) is 0.246. The van der Waals surface area contributed by atoms with E-state index in [-0.39, 0.29) is 11.8 Å². The van der Waals surface area contributed by atoms with Crippen molar-refractivity contribution in [3.05, 3.63) is 89.7 Å². The van der Waals surface area contributed by atoms with Crippen LogP contribution in [0.15, 0.2) is 72.8 Å². The van der Waals surface area contributed by atoms with Gasteiger partial charge in [-0.1, -0.05) is 61.9 Å². The number of hydrogen-bond donors (Lipinski definition) is 0. The Hall–Kier alpha value is -3.60. The van der Waals surface area contributed by atoms with Gasteiger partial charge in [0.2, 0.25) is 5.91 Å². The molecule has 0 N–H and O–H groups in total. The molecular formula is C31H35N3O2. The van der Waals surface area contributed by atoms with E-state index >= 15 is 0 Å². The van der Waals surface area contributed by atoms with Gasteiger partial charge in [0.1, 0.15) is 11.6 Å². The summed E-state index contributed by atoms with van der Waals surface area (Å²) < 4.78 is 8.54. The highest BCUT2D eigenvalue weighted by atomic mass is 16.5. The summed E-state index contributed by atoms with van der Waals surface area (Å²) in [6.45, 7) is 8.61. The number of amides is 1. The first-order valence-electron chi connectivity index (χ1n) is 13.1. The number of rotatable bonds is 9. The third-order valence-electron chi connectivity index (χ3n) is 7.37. The normalized spacial score (nSPS) is 16.6. The molecule has 5 rings (SSSR count). The average molecular weight is 482 g/mol. The van der Waals surface area contributed by atoms with E-state index in [0.29, 0.717) is 25.5 Å². The number of carbonyl (C=O) groups is 1. The van der Waals surface area contributed by atoms with Gasteiger partial charge in [-0.15, -0.1) is 0 Å². The standard InChI is InChI=1S/C31H35N3O2/c1-4-23(3)26-10-5-8-13-29(26)36-19-9-18-33-28-12-7-6-11-27(28)32-31(33)24-20-30(35)34(21-24)25-16-14-22(2)15-17-25/h5-8,10-17,23-24H,4,9,18-21H2,1-3H3/t23-,24-/m1/s1. The first-order valence-corrected chi connectivity index (χ1v) is 13.1. The van der Waals surface area contributed by atoms with Crippen molar-refractivity contribution in [3.8, 4) is 5.75 Å². The van der Waals surface area contributed by atoms with Crippen LogP contribution in [-0.2, 0) is 11.3 Å². The van der Waals surface area contributed by atoms with Crippen LogP contribution >= 0.6 is 0 Å². The number of nitrogens with zero attached hydrogens (tertiary/aromatic N) is 3. The molecule has 0 saturated carbocycles. The second-order valence-corrected chi connectivity index (χ2v) is 9.90. The Morgan fingerprint density at radius 3 is 2.58 bits per heavy atom. The maximum absolute atomic E-state index is 13.0. The van der Waals surface area contributed by atoms with E-state index < -0.39 is 0 Å². The molecule has 1 saturated heterocycles. The SMILES string of the molecule is CC[C@@H](C)c1ccccc1OCCCn1c([C@@H]2CC(=O)N(c3ccc(C)cc3)C2)nc2ccccc21. The number of fused-ring (bicyclic) bond motifs is 1. The molecule has 4 aromatic rings. The summed E-state index contributed by atoms with van der Waals surface area (Å²) >= 11 is 0. The molecule has 186 valence electrons. The van der Waals surface area contributed by atoms with Crippen molar-refractivity contribution in [2.75, 3.05) is 18.1 Å². The highest BCUT2D eigenvalue weighted by Gasteiger charge is 2.34. The van der Waals surface area contributed by atoms with Crippen LogP contribution in [0.25, 0.3) is 11.0 Å². The maximum atomic E-state index is 13.0. The monoisotopic (exact) mass is 481 g/mol. The Labute approximate surface area is 213 Å². The average Bonchev–Trinajstić information content (AvgIpc) is 3.47. The van der Waals surface area contributed by atoms with Crippen LogP contribution in [-0.4, -0.2) is 28.6 Å². The Bertz CT molecular complexity index is 1340. The number of carbonyl (C=O) groups excluding carboxylic acids is 1. The highest BCUT2D eigenvalue weighted by Crippen LogP contribution is 2.34. The van der Waals surface area contributed by atoms with Gasteiger partial charge in [-0.2, -0.15) is 0 Å². The van der Waals surface area contributed by atoms with E-state index in [1.54, 1.807) is 0 Å². The molecule has 36 heavy (non-hydrogen) atoms. The maximum Gasteiger partial charge on any atom is 0.227 e. The topological polar surface area (TPSA) is 47.4 Å². The van der Waals surface area contributed by atoms with Crippen molar-refractivity contribution in [3.63, 3.8) is 0 Å². The molecule has 5 nitrogen and oxygen atoms in total. The summed E-state index contributed by atoms with van der Waals surface area (Å²) in [7, 11) is 0. The van der Waals surface area contributed by atoms with Crippen LogP contribution in [0.1, 0.15) is 61.9 Å². The third kappa shape index (κ3) is 4.88. The highest BCUT2D eigenvalue weighted by molar-refractivity contribution is 5.96. The van der Waals surface area contributed by atoms with E-state index in [0.717, 1.165) is 47.7 Å². The number of para-hydroxylation sites is 3. The van der Waals surface area contributed by atoms with Gasteiger partial charge in [-0.25, -0.2) is 4.98 Å². The lowest BCUT2D eigenvalue weighted by molar-refractivity contribution is -0.117. The van der Waals surface area contributed by atoms with Crippen LogP contribution in [0.3, 0.4) is 0 Å². The second kappa shape index (κ2) is 10.6. The Morgan fingerprint density at radius 2 is 1.78 bits per heavy atom. The molecule has 1 aromatic heterocycles. The van der Waals surface area contributed by atoms with Gasteiger partial charge in [0, 0.05) is 31.1 Å². The summed E-state index contributed by atoms with van der Waals surface area (Å²) in [5, 5.41) is 0. The Balaban J connectivity index is 1.33. The minimum atomic E-state index is 0.0678. The molecule has 2 heterocycles. The lowest BCUT2D eigenvalue weighted by Gasteiger charge is -2.18. The summed E-state index contributed by atoms with van der Waals surface area (Å²) in [4.78, 5) is 19.9. The number of aromatic nitrogens is 2. The smallest absolute Gasteiger partial charge is 0.227 e. The zero-order valence-corrected chi connectivity index (χ0v) is 21.5. The fraction of sp³-hybridized carbons (Fsp3) is 0.355. The van der Waals surface area contributed by atoms with E-state index in [1.165, 1.54) is 11.1 Å².